The summed E-state index contributed by atoms with van der Waals surface area (Å²) in [5, 5.41) is 0. The molecule has 0 amide bonds. The van der Waals surface area contributed by atoms with E-state index in [0.717, 1.165) is 20.3 Å². The van der Waals surface area contributed by atoms with Crippen LogP contribution < -0.4 is 21.6 Å². The minimum absolute atomic E-state index is 0.00973. The monoisotopic (exact) mass is 355 g/mol. The van der Waals surface area contributed by atoms with Crippen LogP contribution in [0.15, 0.2) is 48.5 Å². The summed E-state index contributed by atoms with van der Waals surface area (Å²) in [6, 6.07) is 16.3. The van der Waals surface area contributed by atoms with Crippen LogP contribution in [-0.2, 0) is 4.74 Å². The van der Waals surface area contributed by atoms with Crippen LogP contribution in [-0.4, -0.2) is 10.5 Å². The Bertz CT molecular complexity index is 511. The van der Waals surface area contributed by atoms with Gasteiger partial charge in [-0.15, -0.1) is 0 Å². The second-order valence-corrected chi connectivity index (χ2v) is 5.60. The Kier molecular flexibility index (Phi) is 4.74. The highest BCUT2D eigenvalue weighted by Crippen LogP contribution is 2.24. The van der Waals surface area contributed by atoms with Gasteiger partial charge in [-0.1, -0.05) is 42.5 Å². The smallest absolute Gasteiger partial charge is 0.377 e. The van der Waals surface area contributed by atoms with Gasteiger partial charge in [-0.2, -0.15) is 3.44 Å². The van der Waals surface area contributed by atoms with Crippen molar-refractivity contribution >= 4 is 0 Å². The van der Waals surface area contributed by atoms with Crippen LogP contribution in [0.5, 0.6) is 0 Å². The zero-order chi connectivity index (χ0) is 13.0. The van der Waals surface area contributed by atoms with Gasteiger partial charge in [0.05, 0.1) is 6.10 Å². The van der Waals surface area contributed by atoms with Gasteiger partial charge in [0.25, 0.3) is 0 Å². The molecule has 94 valence electrons. The third-order valence-electron chi connectivity index (χ3n) is 2.99. The van der Waals surface area contributed by atoms with Gasteiger partial charge in [-0.3, -0.25) is 0 Å². The highest BCUT2D eigenvalue weighted by Gasteiger charge is 2.25. The Labute approximate surface area is 118 Å². The summed E-state index contributed by atoms with van der Waals surface area (Å²) in [5.74, 6) is 0. The number of rotatable bonds is 4. The lowest BCUT2D eigenvalue weighted by Crippen LogP contribution is -3.61. The zero-order valence-corrected chi connectivity index (χ0v) is 12.6. The Morgan fingerprint density at radius 1 is 1.06 bits per heavy atom. The lowest BCUT2D eigenvalue weighted by Gasteiger charge is -2.11. The number of hydrogen-bond donors (Lipinski definition) is 1. The fourth-order valence-electron chi connectivity index (χ4n) is 1.93. The maximum absolute atomic E-state index is 9.76. The fourth-order valence-corrected chi connectivity index (χ4v) is 3.57. The van der Waals surface area contributed by atoms with Crippen molar-refractivity contribution in [1.29, 1.82) is 0 Å². The van der Waals surface area contributed by atoms with Crippen molar-refractivity contribution in [1.82, 2.24) is 0 Å². The molecule has 0 heterocycles. The van der Waals surface area contributed by atoms with Crippen molar-refractivity contribution in [2.45, 2.75) is 13.0 Å². The first kappa shape index (κ1) is 13.5. The van der Waals surface area contributed by atoms with Crippen LogP contribution in [0.4, 0.5) is 0 Å². The molecule has 0 aromatic heterocycles. The van der Waals surface area contributed by atoms with Gasteiger partial charge in [0.15, 0.2) is 0 Å². The van der Waals surface area contributed by atoms with E-state index < -0.39 is 21.6 Å². The van der Waals surface area contributed by atoms with Crippen LogP contribution in [0.3, 0.4) is 0 Å². The highest BCUT2D eigenvalue weighted by atomic mass is 127. The van der Waals surface area contributed by atoms with Gasteiger partial charge in [-0.25, -0.2) is 0 Å². The molecule has 1 N–H and O–H groups in total. The first-order valence-electron chi connectivity index (χ1n) is 5.77. The van der Waals surface area contributed by atoms with Gasteiger partial charge in [-0.05, 0) is 18.6 Å². The number of ether oxygens (including phenoxy) is 1. The third kappa shape index (κ3) is 2.74. The summed E-state index contributed by atoms with van der Waals surface area (Å²) >= 11 is -0.979. The lowest BCUT2D eigenvalue weighted by atomic mass is 10.0. The summed E-state index contributed by atoms with van der Waals surface area (Å²) in [4.78, 5) is 0. The zero-order valence-electron chi connectivity index (χ0n) is 10.4. The average Bonchev–Trinajstić information content (AvgIpc) is 2.46. The fraction of sp³-hybridized carbons (Fsp3) is 0.200. The van der Waals surface area contributed by atoms with Gasteiger partial charge in [0, 0.05) is 18.2 Å². The number of hydrogen-bond acceptors (Lipinski definition) is 2. The topological polar surface area (TPSA) is 29.5 Å². The van der Waals surface area contributed by atoms with Gasteiger partial charge in [0.1, 0.15) is 0 Å². The van der Waals surface area contributed by atoms with Crippen LogP contribution in [0.1, 0.15) is 18.6 Å². The Hall–Kier alpha value is -0.910. The molecule has 0 fully saturated rings. The van der Waals surface area contributed by atoms with E-state index in [0.29, 0.717) is 0 Å². The Balaban J connectivity index is 2.55. The van der Waals surface area contributed by atoms with Crippen LogP contribution in [0.25, 0.3) is 11.1 Å². The minimum Gasteiger partial charge on any atom is -0.377 e. The molecule has 2 rings (SSSR count). The lowest BCUT2D eigenvalue weighted by molar-refractivity contribution is -0.866. The molecular weight excluding hydrogens is 339 g/mol. The Morgan fingerprint density at radius 2 is 1.78 bits per heavy atom. The van der Waals surface area contributed by atoms with Crippen LogP contribution in [0, 0.1) is 3.57 Å². The van der Waals surface area contributed by atoms with Crippen LogP contribution in [0.2, 0.25) is 0 Å². The predicted molar refractivity (Wildman–Crippen MR) is 68.2 cm³/mol. The van der Waals surface area contributed by atoms with Gasteiger partial charge in [0.2, 0.25) is 3.57 Å². The second-order valence-electron chi connectivity index (χ2n) is 4.04. The molecule has 0 aliphatic heterocycles. The molecule has 2 aromatic rings. The average molecular weight is 355 g/mol. The summed E-state index contributed by atoms with van der Waals surface area (Å²) < 4.78 is 16.2. The summed E-state index contributed by atoms with van der Waals surface area (Å²) in [5.41, 5.74) is 3.35. The molecular formula is C15H16IO2+. The Morgan fingerprint density at radius 3 is 2.39 bits per heavy atom. The standard InChI is InChI=1S/C15H16IO2/c1-11(18-2)13-9-6-10-14(15(13)16-17)12-7-4-3-5-8-12/h3-11,17H,1-2H3/q+1/t11-/m0/s1. The molecule has 0 unspecified atom stereocenters. The van der Waals surface area contributed by atoms with Crippen molar-refractivity contribution in [2.24, 2.45) is 0 Å². The molecule has 0 saturated carbocycles. The molecule has 1 atom stereocenters. The number of halogens is 1. The molecule has 2 aromatic carbocycles. The normalized spacial score (nSPS) is 12.4. The molecule has 3 heteroatoms. The van der Waals surface area contributed by atoms with Crippen molar-refractivity contribution < 1.29 is 29.8 Å². The van der Waals surface area contributed by atoms with Crippen molar-refractivity contribution in [3.63, 3.8) is 0 Å². The van der Waals surface area contributed by atoms with Crippen molar-refractivity contribution in [2.75, 3.05) is 7.11 Å². The van der Waals surface area contributed by atoms with Crippen molar-refractivity contribution in [3.05, 3.63) is 57.7 Å². The van der Waals surface area contributed by atoms with E-state index in [1.807, 2.05) is 37.3 Å². The van der Waals surface area contributed by atoms with E-state index in [1.165, 1.54) is 0 Å². The van der Waals surface area contributed by atoms with E-state index in [1.54, 1.807) is 7.11 Å². The first-order chi connectivity index (χ1) is 8.77. The highest BCUT2D eigenvalue weighted by molar-refractivity contribution is 5.63. The van der Waals surface area contributed by atoms with E-state index in [9.17, 15) is 3.44 Å². The van der Waals surface area contributed by atoms with E-state index >= 15 is 0 Å². The molecule has 18 heavy (non-hydrogen) atoms. The van der Waals surface area contributed by atoms with Gasteiger partial charge < -0.3 is 4.74 Å². The number of benzene rings is 2. The maximum Gasteiger partial charge on any atom is 0.520 e. The largest absolute Gasteiger partial charge is 0.520 e. The summed E-state index contributed by atoms with van der Waals surface area (Å²) in [7, 11) is 1.69. The second kappa shape index (κ2) is 6.31. The summed E-state index contributed by atoms with van der Waals surface area (Å²) in [6.07, 6.45) is 0.00973. The van der Waals surface area contributed by atoms with Crippen molar-refractivity contribution in [3.8, 4) is 11.1 Å². The molecule has 0 aliphatic rings. The quantitative estimate of drug-likeness (QED) is 0.796. The maximum atomic E-state index is 9.76. The molecule has 0 radical (unpaired) electrons. The molecule has 0 saturated heterocycles. The van der Waals surface area contributed by atoms with Crippen LogP contribution >= 0.6 is 0 Å². The third-order valence-corrected chi connectivity index (χ3v) is 4.68. The predicted octanol–water partition coefficient (Wildman–Crippen LogP) is 0.227. The molecule has 0 aliphatic carbocycles. The van der Waals surface area contributed by atoms with E-state index in [4.69, 9.17) is 4.74 Å². The van der Waals surface area contributed by atoms with E-state index in [2.05, 4.69) is 18.2 Å². The SMILES string of the molecule is CO[C@@H](C)c1cccc(-c2ccccc2)c1[I+]O. The molecule has 0 bridgehead atoms. The molecule has 2 nitrogen and oxygen atoms in total. The van der Waals surface area contributed by atoms with E-state index in [-0.39, 0.29) is 6.10 Å². The molecule has 0 spiro atoms. The van der Waals surface area contributed by atoms with Gasteiger partial charge >= 0.3 is 21.6 Å². The summed E-state index contributed by atoms with van der Waals surface area (Å²) in [6.45, 7) is 2.01. The first-order valence-corrected chi connectivity index (χ1v) is 7.82. The number of methoxy groups -OCH3 is 1. The minimum atomic E-state index is -0.979.